The Kier molecular flexibility index (Phi) is 4.02. The predicted octanol–water partition coefficient (Wildman–Crippen LogP) is 2.68. The highest BCUT2D eigenvalue weighted by atomic mass is 32.2. The zero-order valence-electron chi connectivity index (χ0n) is 13.5. The summed E-state index contributed by atoms with van der Waals surface area (Å²) in [6.45, 7) is 1.76. The second-order valence-corrected chi connectivity index (χ2v) is 6.78. The number of thioether (sulfide) groups is 1. The van der Waals surface area contributed by atoms with Crippen LogP contribution in [0.2, 0.25) is 0 Å². The number of nitrogens with zero attached hydrogens (tertiary/aromatic N) is 4. The van der Waals surface area contributed by atoms with E-state index in [4.69, 9.17) is 0 Å². The molecule has 3 aromatic rings. The molecule has 24 heavy (non-hydrogen) atoms. The summed E-state index contributed by atoms with van der Waals surface area (Å²) < 4.78 is 1.91. The number of para-hydroxylation sites is 2. The number of benzene rings is 1. The van der Waals surface area contributed by atoms with E-state index in [-0.39, 0.29) is 11.7 Å². The fourth-order valence-corrected chi connectivity index (χ4v) is 3.73. The smallest absolute Gasteiger partial charge is 0.326 e. The number of fused-ring (bicyclic) bond motifs is 1. The second-order valence-electron chi connectivity index (χ2n) is 5.96. The van der Waals surface area contributed by atoms with E-state index < -0.39 is 0 Å². The molecule has 1 N–H and O–H groups in total. The highest BCUT2D eigenvalue weighted by molar-refractivity contribution is 7.98. The molecule has 0 spiro atoms. The molecule has 0 bridgehead atoms. The van der Waals surface area contributed by atoms with Crippen LogP contribution in [-0.2, 0) is 0 Å². The van der Waals surface area contributed by atoms with Gasteiger partial charge in [-0.25, -0.2) is 9.78 Å². The van der Waals surface area contributed by atoms with Gasteiger partial charge in [-0.2, -0.15) is 0 Å². The minimum absolute atomic E-state index is 0.0150. The Bertz CT molecular complexity index is 910. The van der Waals surface area contributed by atoms with Crippen LogP contribution in [0.3, 0.4) is 0 Å². The molecule has 7 heteroatoms. The lowest BCUT2D eigenvalue weighted by Gasteiger charge is -2.33. The molecule has 6 nitrogen and oxygen atoms in total. The molecule has 2 aromatic heterocycles. The zero-order chi connectivity index (χ0) is 16.5. The van der Waals surface area contributed by atoms with Crippen LogP contribution in [0.15, 0.2) is 46.5 Å². The fourth-order valence-electron chi connectivity index (χ4n) is 3.38. The number of anilines is 1. The third kappa shape index (κ3) is 2.69. The van der Waals surface area contributed by atoms with Crippen LogP contribution >= 0.6 is 11.8 Å². The van der Waals surface area contributed by atoms with Crippen molar-refractivity contribution in [2.45, 2.75) is 23.9 Å². The van der Waals surface area contributed by atoms with Gasteiger partial charge in [0, 0.05) is 19.1 Å². The van der Waals surface area contributed by atoms with Crippen LogP contribution in [-0.4, -0.2) is 38.9 Å². The molecule has 3 heterocycles. The zero-order valence-corrected chi connectivity index (χ0v) is 14.3. The minimum Gasteiger partial charge on any atom is -0.355 e. The topological polar surface area (TPSA) is 66.8 Å². The Morgan fingerprint density at radius 1 is 1.21 bits per heavy atom. The number of H-pyrrole nitrogens is 1. The lowest BCUT2D eigenvalue weighted by Crippen LogP contribution is -2.37. The Morgan fingerprint density at radius 2 is 2.00 bits per heavy atom. The number of aromatic nitrogens is 4. The molecule has 1 aromatic carbocycles. The van der Waals surface area contributed by atoms with Crippen molar-refractivity contribution < 1.29 is 0 Å². The monoisotopic (exact) mass is 341 g/mol. The predicted molar refractivity (Wildman–Crippen MR) is 96.9 cm³/mol. The van der Waals surface area contributed by atoms with Crippen molar-refractivity contribution in [2.75, 3.05) is 24.2 Å². The van der Waals surface area contributed by atoms with Crippen molar-refractivity contribution in [1.82, 2.24) is 19.5 Å². The van der Waals surface area contributed by atoms with E-state index in [1.165, 1.54) is 0 Å². The van der Waals surface area contributed by atoms with Gasteiger partial charge >= 0.3 is 5.69 Å². The van der Waals surface area contributed by atoms with Crippen LogP contribution in [0.4, 0.5) is 5.82 Å². The lowest BCUT2D eigenvalue weighted by atomic mass is 10.0. The van der Waals surface area contributed by atoms with E-state index in [1.54, 1.807) is 18.0 Å². The molecule has 1 aliphatic rings. The first kappa shape index (κ1) is 15.3. The standard InChI is InChI=1S/C17H19N5OS/c1-24-16-11-18-10-15(20-16)21-8-6-12(7-9-21)22-14-5-3-2-4-13(14)19-17(22)23/h2-5,10-12H,6-9H2,1H3,(H,19,23). The number of rotatable bonds is 3. The van der Waals surface area contributed by atoms with Crippen LogP contribution in [0, 0.1) is 0 Å². The molecule has 0 atom stereocenters. The molecular weight excluding hydrogens is 322 g/mol. The van der Waals surface area contributed by atoms with Crippen LogP contribution in [0.1, 0.15) is 18.9 Å². The number of hydrogen-bond acceptors (Lipinski definition) is 5. The van der Waals surface area contributed by atoms with Gasteiger partial charge in [-0.1, -0.05) is 12.1 Å². The van der Waals surface area contributed by atoms with Gasteiger partial charge in [0.15, 0.2) is 0 Å². The van der Waals surface area contributed by atoms with Gasteiger partial charge in [0.2, 0.25) is 0 Å². The SMILES string of the molecule is CSc1cncc(N2CCC(n3c(=O)[nH]c4ccccc43)CC2)n1. The van der Waals surface area contributed by atoms with Crippen molar-refractivity contribution in [2.24, 2.45) is 0 Å². The summed E-state index contributed by atoms with van der Waals surface area (Å²) >= 11 is 1.60. The molecule has 1 saturated heterocycles. The highest BCUT2D eigenvalue weighted by Gasteiger charge is 2.24. The van der Waals surface area contributed by atoms with Gasteiger partial charge < -0.3 is 9.88 Å². The van der Waals surface area contributed by atoms with Crippen LogP contribution in [0.25, 0.3) is 11.0 Å². The molecule has 0 radical (unpaired) electrons. The molecule has 1 fully saturated rings. The van der Waals surface area contributed by atoms with E-state index >= 15 is 0 Å². The molecular formula is C17H19N5OS. The molecule has 124 valence electrons. The average Bonchev–Trinajstić information content (AvgIpc) is 2.97. The molecule has 4 rings (SSSR count). The molecule has 0 unspecified atom stereocenters. The van der Waals surface area contributed by atoms with Gasteiger partial charge in [0.25, 0.3) is 0 Å². The van der Waals surface area contributed by atoms with Crippen LogP contribution < -0.4 is 10.6 Å². The summed E-state index contributed by atoms with van der Waals surface area (Å²) in [4.78, 5) is 26.4. The minimum atomic E-state index is -0.0150. The summed E-state index contributed by atoms with van der Waals surface area (Å²) in [6, 6.07) is 8.10. The first-order valence-corrected chi connectivity index (χ1v) is 9.29. The maximum absolute atomic E-state index is 12.3. The number of aromatic amines is 1. The van der Waals surface area contributed by atoms with E-state index in [9.17, 15) is 4.79 Å². The summed E-state index contributed by atoms with van der Waals surface area (Å²) in [6.07, 6.45) is 7.45. The van der Waals surface area contributed by atoms with E-state index in [2.05, 4.69) is 19.9 Å². The number of piperidine rings is 1. The van der Waals surface area contributed by atoms with Gasteiger partial charge in [0.05, 0.1) is 23.4 Å². The quantitative estimate of drug-likeness (QED) is 0.742. The number of imidazole rings is 1. The van der Waals surface area contributed by atoms with Crippen molar-refractivity contribution in [3.63, 3.8) is 0 Å². The Balaban J connectivity index is 1.55. The van der Waals surface area contributed by atoms with Gasteiger partial charge in [-0.3, -0.25) is 9.55 Å². The lowest BCUT2D eigenvalue weighted by molar-refractivity contribution is 0.395. The summed E-state index contributed by atoms with van der Waals surface area (Å²) in [5.41, 5.74) is 1.88. The largest absolute Gasteiger partial charge is 0.355 e. The summed E-state index contributed by atoms with van der Waals surface area (Å²) in [5.74, 6) is 0.923. The summed E-state index contributed by atoms with van der Waals surface area (Å²) in [7, 11) is 0. The highest BCUT2D eigenvalue weighted by Crippen LogP contribution is 2.27. The van der Waals surface area contributed by atoms with Gasteiger partial charge in [-0.15, -0.1) is 11.8 Å². The van der Waals surface area contributed by atoms with E-state index in [0.29, 0.717) is 0 Å². The third-order valence-electron chi connectivity index (χ3n) is 4.59. The molecule has 0 amide bonds. The van der Waals surface area contributed by atoms with Crippen LogP contribution in [0.5, 0.6) is 0 Å². The Morgan fingerprint density at radius 3 is 2.79 bits per heavy atom. The van der Waals surface area contributed by atoms with Gasteiger partial charge in [0.1, 0.15) is 10.8 Å². The first-order chi connectivity index (χ1) is 11.8. The molecule has 0 saturated carbocycles. The number of hydrogen-bond donors (Lipinski definition) is 1. The van der Waals surface area contributed by atoms with E-state index in [0.717, 1.165) is 47.8 Å². The fraction of sp³-hybridized carbons (Fsp3) is 0.353. The second kappa shape index (κ2) is 6.32. The van der Waals surface area contributed by atoms with Crippen molar-refractivity contribution in [1.29, 1.82) is 0 Å². The Hall–Kier alpha value is -2.28. The number of nitrogens with one attached hydrogen (secondary N) is 1. The van der Waals surface area contributed by atoms with Gasteiger partial charge in [-0.05, 0) is 31.2 Å². The third-order valence-corrected chi connectivity index (χ3v) is 5.20. The summed E-state index contributed by atoms with van der Waals surface area (Å²) in [5, 5.41) is 0.933. The maximum Gasteiger partial charge on any atom is 0.326 e. The van der Waals surface area contributed by atoms with E-state index in [1.807, 2.05) is 41.3 Å². The molecule has 1 aliphatic heterocycles. The average molecular weight is 341 g/mol. The maximum atomic E-state index is 12.3. The first-order valence-electron chi connectivity index (χ1n) is 8.06. The molecule has 0 aliphatic carbocycles. The van der Waals surface area contributed by atoms with Crippen molar-refractivity contribution in [3.8, 4) is 0 Å². The Labute approximate surface area is 143 Å². The van der Waals surface area contributed by atoms with Crippen molar-refractivity contribution in [3.05, 3.63) is 47.1 Å². The van der Waals surface area contributed by atoms with Crippen molar-refractivity contribution >= 4 is 28.6 Å². The normalized spacial score (nSPS) is 16.0.